The first-order valence-corrected chi connectivity index (χ1v) is 10.7. The summed E-state index contributed by atoms with van der Waals surface area (Å²) in [6.45, 7) is 4.63. The van der Waals surface area contributed by atoms with E-state index in [0.717, 1.165) is 17.5 Å². The summed E-state index contributed by atoms with van der Waals surface area (Å²) in [4.78, 5) is 27.6. The lowest BCUT2D eigenvalue weighted by Gasteiger charge is -2.31. The number of carbonyl (C=O) groups excluding carboxylic acids is 2. The van der Waals surface area contributed by atoms with Crippen molar-refractivity contribution in [1.29, 1.82) is 0 Å². The third-order valence-corrected chi connectivity index (χ3v) is 5.55. The molecule has 0 aliphatic heterocycles. The van der Waals surface area contributed by atoms with Gasteiger partial charge in [0.2, 0.25) is 11.8 Å². The Morgan fingerprint density at radius 1 is 1.00 bits per heavy atom. The van der Waals surface area contributed by atoms with Gasteiger partial charge >= 0.3 is 0 Å². The molecule has 0 heterocycles. The largest absolute Gasteiger partial charge is 0.354 e. The zero-order valence-electron chi connectivity index (χ0n) is 16.6. The Hall–Kier alpha value is -1.75. The van der Waals surface area contributed by atoms with Gasteiger partial charge < -0.3 is 10.2 Å². The van der Waals surface area contributed by atoms with E-state index in [1.807, 2.05) is 32.0 Å². The topological polar surface area (TPSA) is 49.4 Å². The number of amides is 2. The van der Waals surface area contributed by atoms with Crippen LogP contribution in [0.4, 0.5) is 0 Å². The molecule has 2 aromatic rings. The van der Waals surface area contributed by atoms with E-state index in [4.69, 9.17) is 34.8 Å². The number of nitrogens with one attached hydrogen (secondary N) is 1. The van der Waals surface area contributed by atoms with Crippen LogP contribution in [-0.4, -0.2) is 29.3 Å². The van der Waals surface area contributed by atoms with Crippen LogP contribution in [0.25, 0.3) is 0 Å². The molecule has 0 aliphatic rings. The van der Waals surface area contributed by atoms with Gasteiger partial charge in [-0.05, 0) is 42.2 Å². The van der Waals surface area contributed by atoms with E-state index in [-0.39, 0.29) is 24.8 Å². The number of carbonyl (C=O) groups is 2. The maximum Gasteiger partial charge on any atom is 0.242 e. The summed E-state index contributed by atoms with van der Waals surface area (Å²) < 4.78 is 0. The van der Waals surface area contributed by atoms with Crippen molar-refractivity contribution in [2.24, 2.45) is 0 Å². The summed E-state index contributed by atoms with van der Waals surface area (Å²) in [5.74, 6) is -0.366. The summed E-state index contributed by atoms with van der Waals surface area (Å²) in [7, 11) is 0. The Labute approximate surface area is 187 Å². The van der Waals surface area contributed by atoms with Crippen LogP contribution in [0.2, 0.25) is 15.1 Å². The quantitative estimate of drug-likeness (QED) is 0.541. The molecule has 156 valence electrons. The number of benzene rings is 2. The van der Waals surface area contributed by atoms with Crippen LogP contribution in [-0.2, 0) is 22.6 Å². The summed E-state index contributed by atoms with van der Waals surface area (Å²) in [6, 6.07) is 11.7. The molecule has 4 nitrogen and oxygen atoms in total. The van der Waals surface area contributed by atoms with Crippen molar-refractivity contribution in [3.63, 3.8) is 0 Å². The van der Waals surface area contributed by atoms with E-state index < -0.39 is 6.04 Å². The van der Waals surface area contributed by atoms with E-state index in [1.165, 1.54) is 0 Å². The fraction of sp³-hybridized carbons (Fsp3) is 0.364. The molecule has 1 N–H and O–H groups in total. The zero-order valence-corrected chi connectivity index (χ0v) is 18.8. The van der Waals surface area contributed by atoms with Gasteiger partial charge in [0.25, 0.3) is 0 Å². The van der Waals surface area contributed by atoms with Gasteiger partial charge in [0, 0.05) is 28.2 Å². The molecule has 0 unspecified atom stereocenters. The normalized spacial score (nSPS) is 11.8. The molecule has 2 aromatic carbocycles. The molecule has 7 heteroatoms. The van der Waals surface area contributed by atoms with E-state index in [2.05, 4.69) is 5.32 Å². The van der Waals surface area contributed by atoms with Crippen LogP contribution in [0.3, 0.4) is 0 Å². The third-order valence-electron chi connectivity index (χ3n) is 4.59. The SMILES string of the molecule is CCCNC(=O)[C@H](CC)N(Cc1ccc(Cl)cc1Cl)C(=O)Cc1ccccc1Cl. The lowest BCUT2D eigenvalue weighted by molar-refractivity contribution is -0.140. The molecular weight excluding hydrogens is 431 g/mol. The fourth-order valence-electron chi connectivity index (χ4n) is 3.03. The molecule has 0 radical (unpaired) electrons. The molecule has 0 saturated carbocycles. The number of hydrogen-bond donors (Lipinski definition) is 1. The van der Waals surface area contributed by atoms with Gasteiger partial charge in [-0.3, -0.25) is 9.59 Å². The maximum atomic E-state index is 13.2. The summed E-state index contributed by atoms with van der Waals surface area (Å²) in [6.07, 6.45) is 1.40. The summed E-state index contributed by atoms with van der Waals surface area (Å²) >= 11 is 18.6. The van der Waals surface area contributed by atoms with Crippen molar-refractivity contribution >= 4 is 46.6 Å². The predicted molar refractivity (Wildman–Crippen MR) is 120 cm³/mol. The Morgan fingerprint density at radius 2 is 1.72 bits per heavy atom. The third kappa shape index (κ3) is 6.63. The van der Waals surface area contributed by atoms with E-state index >= 15 is 0 Å². The van der Waals surface area contributed by atoms with Crippen LogP contribution >= 0.6 is 34.8 Å². The first kappa shape index (κ1) is 23.5. The van der Waals surface area contributed by atoms with Gasteiger partial charge in [-0.15, -0.1) is 0 Å². The molecule has 0 fully saturated rings. The minimum Gasteiger partial charge on any atom is -0.354 e. The fourth-order valence-corrected chi connectivity index (χ4v) is 3.70. The highest BCUT2D eigenvalue weighted by Gasteiger charge is 2.29. The summed E-state index contributed by atoms with van der Waals surface area (Å²) in [5.41, 5.74) is 1.44. The van der Waals surface area contributed by atoms with E-state index in [1.54, 1.807) is 29.2 Å². The maximum absolute atomic E-state index is 13.2. The minimum absolute atomic E-state index is 0.0996. The van der Waals surface area contributed by atoms with E-state index in [9.17, 15) is 9.59 Å². The second-order valence-electron chi connectivity index (χ2n) is 6.74. The Balaban J connectivity index is 2.33. The molecular formula is C22H25Cl3N2O2. The molecule has 0 bridgehead atoms. The number of rotatable bonds is 9. The lowest BCUT2D eigenvalue weighted by Crippen LogP contribution is -2.49. The van der Waals surface area contributed by atoms with Crippen molar-refractivity contribution in [1.82, 2.24) is 10.2 Å². The second-order valence-corrected chi connectivity index (χ2v) is 7.99. The van der Waals surface area contributed by atoms with Crippen molar-refractivity contribution < 1.29 is 9.59 Å². The first-order chi connectivity index (χ1) is 13.9. The van der Waals surface area contributed by atoms with Crippen LogP contribution in [0, 0.1) is 0 Å². The average Bonchev–Trinajstić information content (AvgIpc) is 2.69. The van der Waals surface area contributed by atoms with Crippen LogP contribution < -0.4 is 5.32 Å². The van der Waals surface area contributed by atoms with Gasteiger partial charge in [0.15, 0.2) is 0 Å². The van der Waals surface area contributed by atoms with Crippen molar-refractivity contribution in [3.05, 3.63) is 68.7 Å². The van der Waals surface area contributed by atoms with Gasteiger partial charge in [0.05, 0.1) is 6.42 Å². The molecule has 0 aromatic heterocycles. The second kappa shape index (κ2) is 11.4. The smallest absolute Gasteiger partial charge is 0.242 e. The number of halogens is 3. The molecule has 1 atom stereocenters. The van der Waals surface area contributed by atoms with Gasteiger partial charge in [0.1, 0.15) is 6.04 Å². The highest BCUT2D eigenvalue weighted by molar-refractivity contribution is 6.35. The zero-order chi connectivity index (χ0) is 21.4. The van der Waals surface area contributed by atoms with Gasteiger partial charge in [-0.2, -0.15) is 0 Å². The molecule has 0 aliphatic carbocycles. The molecule has 0 spiro atoms. The first-order valence-electron chi connectivity index (χ1n) is 9.61. The molecule has 0 saturated heterocycles. The summed E-state index contributed by atoms with van der Waals surface area (Å²) in [5, 5.41) is 4.38. The van der Waals surface area contributed by atoms with Crippen molar-refractivity contribution in [2.75, 3.05) is 6.54 Å². The Kier molecular flexibility index (Phi) is 9.28. The monoisotopic (exact) mass is 454 g/mol. The standard InChI is InChI=1S/C22H25Cl3N2O2/c1-3-11-26-22(29)20(4-2)27(14-16-9-10-17(23)13-19(16)25)21(28)12-15-7-5-6-8-18(15)24/h5-10,13,20H,3-4,11-12,14H2,1-2H3,(H,26,29)/t20-/m0/s1. The highest BCUT2D eigenvalue weighted by Crippen LogP contribution is 2.25. The predicted octanol–water partition coefficient (Wildman–Crippen LogP) is 5.52. The van der Waals surface area contributed by atoms with Gasteiger partial charge in [-0.25, -0.2) is 0 Å². The van der Waals surface area contributed by atoms with Crippen LogP contribution in [0.5, 0.6) is 0 Å². The molecule has 29 heavy (non-hydrogen) atoms. The minimum atomic E-state index is -0.608. The van der Waals surface area contributed by atoms with Crippen LogP contribution in [0.15, 0.2) is 42.5 Å². The average molecular weight is 456 g/mol. The van der Waals surface area contributed by atoms with Crippen molar-refractivity contribution in [3.8, 4) is 0 Å². The Bertz CT molecular complexity index is 858. The molecule has 2 amide bonds. The molecule has 2 rings (SSSR count). The Morgan fingerprint density at radius 3 is 2.34 bits per heavy atom. The van der Waals surface area contributed by atoms with Gasteiger partial charge in [-0.1, -0.05) is 72.9 Å². The highest BCUT2D eigenvalue weighted by atomic mass is 35.5. The number of nitrogens with zero attached hydrogens (tertiary/aromatic N) is 1. The lowest BCUT2D eigenvalue weighted by atomic mass is 10.1. The van der Waals surface area contributed by atoms with E-state index in [0.29, 0.717) is 28.0 Å². The van der Waals surface area contributed by atoms with Crippen LogP contribution in [0.1, 0.15) is 37.8 Å². The van der Waals surface area contributed by atoms with Crippen molar-refractivity contribution in [2.45, 2.75) is 45.7 Å². The number of hydrogen-bond acceptors (Lipinski definition) is 2.